The van der Waals surface area contributed by atoms with Crippen LogP contribution in [0.3, 0.4) is 0 Å². The number of benzene rings is 1. The molecule has 0 bridgehead atoms. The maximum absolute atomic E-state index is 14.5. The molecule has 4 rings (SSSR count). The molecule has 2 aromatic rings. The number of ether oxygens (including phenoxy) is 1. The maximum atomic E-state index is 14.5. The van der Waals surface area contributed by atoms with Crippen molar-refractivity contribution in [1.29, 1.82) is 0 Å². The van der Waals surface area contributed by atoms with Gasteiger partial charge in [-0.25, -0.2) is 14.4 Å². The van der Waals surface area contributed by atoms with Gasteiger partial charge in [-0.2, -0.15) is 0 Å². The Labute approximate surface area is 168 Å². The molecular formula is C19H25FN6OS. The molecule has 0 radical (unpaired) electrons. The Morgan fingerprint density at radius 3 is 2.61 bits per heavy atom. The van der Waals surface area contributed by atoms with Crippen LogP contribution in [0.5, 0.6) is 0 Å². The lowest BCUT2D eigenvalue weighted by Crippen LogP contribution is -2.51. The van der Waals surface area contributed by atoms with E-state index in [0.29, 0.717) is 44.5 Å². The Morgan fingerprint density at radius 1 is 1.14 bits per heavy atom. The molecule has 0 saturated carbocycles. The molecule has 0 spiro atoms. The van der Waals surface area contributed by atoms with E-state index < -0.39 is 0 Å². The average Bonchev–Trinajstić information content (AvgIpc) is 3.28. The van der Waals surface area contributed by atoms with E-state index in [9.17, 15) is 4.39 Å². The number of hydrogen-bond acceptors (Lipinski definition) is 6. The van der Waals surface area contributed by atoms with Crippen molar-refractivity contribution in [1.82, 2.24) is 9.88 Å². The number of morpholine rings is 1. The molecule has 3 heterocycles. The fourth-order valence-electron chi connectivity index (χ4n) is 3.48. The Hall–Kier alpha value is -2.39. The highest BCUT2D eigenvalue weighted by atomic mass is 32.1. The number of nitrogens with zero attached hydrogens (tertiary/aromatic N) is 5. The predicted molar refractivity (Wildman–Crippen MR) is 111 cm³/mol. The lowest BCUT2D eigenvalue weighted by atomic mass is 10.1. The number of aliphatic imine (C=N–C) groups is 1. The van der Waals surface area contributed by atoms with Crippen molar-refractivity contribution in [3.05, 3.63) is 41.2 Å². The SMILES string of the molecule is NC(=NCc1ccc(N2CCOCC2)c(F)c1)N1CCN(c2nccs2)CC1. The van der Waals surface area contributed by atoms with Gasteiger partial charge in [0.1, 0.15) is 5.82 Å². The lowest BCUT2D eigenvalue weighted by molar-refractivity contribution is 0.122. The first kappa shape index (κ1) is 18.9. The van der Waals surface area contributed by atoms with Crippen molar-refractivity contribution in [3.8, 4) is 0 Å². The van der Waals surface area contributed by atoms with Gasteiger partial charge in [0.15, 0.2) is 11.1 Å². The molecule has 0 aliphatic carbocycles. The van der Waals surface area contributed by atoms with Crippen LogP contribution in [0.4, 0.5) is 15.2 Å². The summed E-state index contributed by atoms with van der Waals surface area (Å²) in [5, 5.41) is 3.03. The first-order valence-electron chi connectivity index (χ1n) is 9.51. The summed E-state index contributed by atoms with van der Waals surface area (Å²) in [7, 11) is 0. The van der Waals surface area contributed by atoms with Gasteiger partial charge in [-0.15, -0.1) is 11.3 Å². The number of thiazole rings is 1. The lowest BCUT2D eigenvalue weighted by Gasteiger charge is -2.35. The zero-order chi connectivity index (χ0) is 19.3. The molecule has 2 fully saturated rings. The number of halogens is 1. The van der Waals surface area contributed by atoms with Gasteiger partial charge in [0.05, 0.1) is 25.4 Å². The van der Waals surface area contributed by atoms with E-state index in [4.69, 9.17) is 10.5 Å². The molecule has 1 aromatic carbocycles. The first-order chi connectivity index (χ1) is 13.7. The predicted octanol–water partition coefficient (Wildman–Crippen LogP) is 1.76. The zero-order valence-electron chi connectivity index (χ0n) is 15.8. The Morgan fingerprint density at radius 2 is 1.93 bits per heavy atom. The van der Waals surface area contributed by atoms with E-state index in [0.717, 1.165) is 36.9 Å². The van der Waals surface area contributed by atoms with Crippen molar-refractivity contribution in [2.45, 2.75) is 6.54 Å². The average molecular weight is 405 g/mol. The van der Waals surface area contributed by atoms with Gasteiger partial charge in [0.25, 0.3) is 0 Å². The minimum Gasteiger partial charge on any atom is -0.378 e. The molecule has 9 heteroatoms. The fourth-order valence-corrected chi connectivity index (χ4v) is 4.18. The number of hydrogen-bond donors (Lipinski definition) is 1. The fraction of sp³-hybridized carbons (Fsp3) is 0.474. The van der Waals surface area contributed by atoms with E-state index in [2.05, 4.69) is 19.8 Å². The molecule has 150 valence electrons. The van der Waals surface area contributed by atoms with Crippen LogP contribution in [-0.4, -0.2) is 68.3 Å². The molecule has 2 aliphatic rings. The van der Waals surface area contributed by atoms with Crippen molar-refractivity contribution >= 4 is 28.1 Å². The highest BCUT2D eigenvalue weighted by Gasteiger charge is 2.20. The van der Waals surface area contributed by atoms with Crippen LogP contribution < -0.4 is 15.5 Å². The highest BCUT2D eigenvalue weighted by molar-refractivity contribution is 7.13. The molecule has 2 N–H and O–H groups in total. The maximum Gasteiger partial charge on any atom is 0.191 e. The molecule has 7 nitrogen and oxygen atoms in total. The molecule has 1 aromatic heterocycles. The zero-order valence-corrected chi connectivity index (χ0v) is 16.6. The van der Waals surface area contributed by atoms with E-state index in [1.54, 1.807) is 17.4 Å². The standard InChI is InChI=1S/C19H25FN6OS/c20-16-13-15(1-2-17(16)24-8-10-27-11-9-24)14-23-18(21)25-4-6-26(7-5-25)19-22-3-12-28-19/h1-3,12-13H,4-11,14H2,(H2,21,23). The Bertz CT molecular complexity index is 801. The molecule has 2 saturated heterocycles. The van der Waals surface area contributed by atoms with Gasteiger partial charge in [-0.1, -0.05) is 6.07 Å². The third-order valence-electron chi connectivity index (χ3n) is 5.08. The van der Waals surface area contributed by atoms with Crippen molar-refractivity contribution in [3.63, 3.8) is 0 Å². The summed E-state index contributed by atoms with van der Waals surface area (Å²) in [5.74, 6) is 0.293. The minimum absolute atomic E-state index is 0.217. The largest absolute Gasteiger partial charge is 0.378 e. The van der Waals surface area contributed by atoms with Crippen LogP contribution >= 0.6 is 11.3 Å². The summed E-state index contributed by atoms with van der Waals surface area (Å²) in [4.78, 5) is 15.2. The van der Waals surface area contributed by atoms with Gasteiger partial charge in [-0.3, -0.25) is 0 Å². The van der Waals surface area contributed by atoms with Crippen LogP contribution in [-0.2, 0) is 11.3 Å². The number of aromatic nitrogens is 1. The third kappa shape index (κ3) is 4.36. The monoisotopic (exact) mass is 404 g/mol. The Balaban J connectivity index is 1.33. The van der Waals surface area contributed by atoms with Crippen molar-refractivity contribution in [2.24, 2.45) is 10.7 Å². The summed E-state index contributed by atoms with van der Waals surface area (Å²) < 4.78 is 19.8. The molecule has 0 amide bonds. The van der Waals surface area contributed by atoms with Crippen LogP contribution in [0, 0.1) is 5.82 Å². The number of guanidine groups is 1. The smallest absolute Gasteiger partial charge is 0.191 e. The molecule has 28 heavy (non-hydrogen) atoms. The second-order valence-electron chi connectivity index (χ2n) is 6.85. The second kappa shape index (κ2) is 8.74. The summed E-state index contributed by atoms with van der Waals surface area (Å²) in [5.41, 5.74) is 7.62. The quantitative estimate of drug-likeness (QED) is 0.619. The second-order valence-corrected chi connectivity index (χ2v) is 7.72. The number of piperazine rings is 1. The van der Waals surface area contributed by atoms with Gasteiger partial charge in [-0.05, 0) is 17.7 Å². The molecule has 0 unspecified atom stereocenters. The number of nitrogens with two attached hydrogens (primary N) is 1. The van der Waals surface area contributed by atoms with E-state index in [-0.39, 0.29) is 5.82 Å². The van der Waals surface area contributed by atoms with Crippen LogP contribution in [0.2, 0.25) is 0 Å². The highest BCUT2D eigenvalue weighted by Crippen LogP contribution is 2.22. The van der Waals surface area contributed by atoms with E-state index in [1.807, 2.05) is 28.6 Å². The minimum atomic E-state index is -0.217. The summed E-state index contributed by atoms with van der Waals surface area (Å²) in [6.07, 6.45) is 1.83. The number of anilines is 2. The van der Waals surface area contributed by atoms with Crippen molar-refractivity contribution in [2.75, 3.05) is 62.3 Å². The van der Waals surface area contributed by atoms with Crippen LogP contribution in [0.15, 0.2) is 34.8 Å². The summed E-state index contributed by atoms with van der Waals surface area (Å²) in [6.45, 7) is 6.43. The Kier molecular flexibility index (Phi) is 5.92. The van der Waals surface area contributed by atoms with E-state index >= 15 is 0 Å². The van der Waals surface area contributed by atoms with Gasteiger partial charge >= 0.3 is 0 Å². The van der Waals surface area contributed by atoms with E-state index in [1.165, 1.54) is 0 Å². The van der Waals surface area contributed by atoms with Crippen molar-refractivity contribution < 1.29 is 9.13 Å². The molecular weight excluding hydrogens is 379 g/mol. The molecule has 0 atom stereocenters. The third-order valence-corrected chi connectivity index (χ3v) is 5.91. The number of rotatable bonds is 4. The van der Waals surface area contributed by atoms with Crippen LogP contribution in [0.1, 0.15) is 5.56 Å². The molecule has 2 aliphatic heterocycles. The van der Waals surface area contributed by atoms with Crippen LogP contribution in [0.25, 0.3) is 0 Å². The van der Waals surface area contributed by atoms with Gasteiger partial charge < -0.3 is 25.2 Å². The first-order valence-corrected chi connectivity index (χ1v) is 10.4. The topological polar surface area (TPSA) is 70.2 Å². The summed E-state index contributed by atoms with van der Waals surface area (Å²) >= 11 is 1.65. The summed E-state index contributed by atoms with van der Waals surface area (Å²) in [6, 6.07) is 5.31. The van der Waals surface area contributed by atoms with Gasteiger partial charge in [0, 0.05) is 50.8 Å². The van der Waals surface area contributed by atoms with Gasteiger partial charge in [0.2, 0.25) is 0 Å². The normalized spacial score (nSPS) is 18.6.